The van der Waals surface area contributed by atoms with Gasteiger partial charge in [0.1, 0.15) is 5.82 Å². The van der Waals surface area contributed by atoms with E-state index in [1.165, 1.54) is 5.56 Å². The normalized spacial score (nSPS) is 21.5. The van der Waals surface area contributed by atoms with Crippen LogP contribution >= 0.6 is 0 Å². The van der Waals surface area contributed by atoms with Crippen LogP contribution in [0.4, 0.5) is 0 Å². The molecule has 1 N–H and O–H groups in total. The molecule has 2 atom stereocenters. The van der Waals surface area contributed by atoms with Gasteiger partial charge < -0.3 is 14.5 Å². The van der Waals surface area contributed by atoms with Gasteiger partial charge in [-0.1, -0.05) is 6.07 Å². The fourth-order valence-electron chi connectivity index (χ4n) is 4.59. The largest absolute Gasteiger partial charge is 0.493 e. The van der Waals surface area contributed by atoms with Crippen LogP contribution < -0.4 is 15.0 Å². The highest BCUT2D eigenvalue weighted by Gasteiger charge is 2.38. The lowest BCUT2D eigenvalue weighted by atomic mass is 9.98. The van der Waals surface area contributed by atoms with E-state index in [-0.39, 0.29) is 11.7 Å². The van der Waals surface area contributed by atoms with E-state index in [9.17, 15) is 4.79 Å². The van der Waals surface area contributed by atoms with Gasteiger partial charge >= 0.3 is 0 Å². The third-order valence-electron chi connectivity index (χ3n) is 5.82. The molecule has 0 amide bonds. The first-order valence-corrected chi connectivity index (χ1v) is 10.1. The number of benzene rings is 1. The first-order valence-electron chi connectivity index (χ1n) is 10.1. The Bertz CT molecular complexity index is 922. The molecule has 6 nitrogen and oxygen atoms in total. The SMILES string of the molecule is COc1ccc(CN2[C@@H]3CC[C@H]2Cc2nc(C)[nH]c(=O)c2C3)cc1OC(C)C. The zero-order chi connectivity index (χ0) is 19.8. The minimum Gasteiger partial charge on any atom is -0.493 e. The molecule has 0 aliphatic carbocycles. The van der Waals surface area contributed by atoms with E-state index in [0.717, 1.165) is 55.0 Å². The van der Waals surface area contributed by atoms with Crippen LogP contribution in [-0.4, -0.2) is 40.2 Å². The third kappa shape index (κ3) is 3.65. The zero-order valence-electron chi connectivity index (χ0n) is 17.1. The summed E-state index contributed by atoms with van der Waals surface area (Å²) in [4.78, 5) is 22.5. The van der Waals surface area contributed by atoms with Crippen LogP contribution in [0.2, 0.25) is 0 Å². The Balaban J connectivity index is 1.60. The zero-order valence-corrected chi connectivity index (χ0v) is 17.1. The lowest BCUT2D eigenvalue weighted by Gasteiger charge is -2.28. The Hall–Kier alpha value is -2.34. The molecule has 1 aromatic heterocycles. The third-order valence-corrected chi connectivity index (χ3v) is 5.82. The smallest absolute Gasteiger partial charge is 0.254 e. The molecule has 1 fully saturated rings. The standard InChI is InChI=1S/C22H29N3O3/c1-13(2)28-21-9-15(5-8-20(21)27-4)12-25-16-6-7-17(25)11-19-18(10-16)22(26)24-14(3)23-19/h5,8-9,13,16-17H,6-7,10-12H2,1-4H3,(H,23,24,26)/t16-,17+/m1/s1. The van der Waals surface area contributed by atoms with Crippen LogP contribution in [0.1, 0.15) is 49.3 Å². The first kappa shape index (κ1) is 19.0. The average Bonchev–Trinajstić information content (AvgIpc) is 2.90. The molecule has 3 heterocycles. The molecule has 2 bridgehead atoms. The number of nitrogens with zero attached hydrogens (tertiary/aromatic N) is 2. The molecular weight excluding hydrogens is 354 g/mol. The Morgan fingerprint density at radius 3 is 2.68 bits per heavy atom. The quantitative estimate of drug-likeness (QED) is 0.860. The molecule has 6 heteroatoms. The van der Waals surface area contributed by atoms with Crippen LogP contribution in [0.3, 0.4) is 0 Å². The summed E-state index contributed by atoms with van der Waals surface area (Å²) in [6, 6.07) is 6.99. The second-order valence-electron chi connectivity index (χ2n) is 8.19. The number of methoxy groups -OCH3 is 1. The first-order chi connectivity index (χ1) is 13.4. The molecule has 0 saturated carbocycles. The van der Waals surface area contributed by atoms with Crippen molar-refractivity contribution in [3.63, 3.8) is 0 Å². The second kappa shape index (κ2) is 7.59. The number of rotatable bonds is 5. The van der Waals surface area contributed by atoms with Gasteiger partial charge in [0.15, 0.2) is 11.5 Å². The minimum atomic E-state index is 0.0343. The molecule has 4 rings (SSSR count). The maximum atomic E-state index is 12.5. The predicted octanol–water partition coefficient (Wildman–Crippen LogP) is 3.01. The van der Waals surface area contributed by atoms with Crippen molar-refractivity contribution in [2.75, 3.05) is 7.11 Å². The van der Waals surface area contributed by atoms with E-state index in [2.05, 4.69) is 27.0 Å². The molecule has 150 valence electrons. The van der Waals surface area contributed by atoms with Crippen molar-refractivity contribution in [1.29, 1.82) is 0 Å². The number of H-pyrrole nitrogens is 1. The van der Waals surface area contributed by atoms with E-state index in [4.69, 9.17) is 9.47 Å². The Kier molecular flexibility index (Phi) is 5.15. The number of ether oxygens (including phenoxy) is 2. The summed E-state index contributed by atoms with van der Waals surface area (Å²) in [6.45, 7) is 6.74. The topological polar surface area (TPSA) is 67.5 Å². The van der Waals surface area contributed by atoms with Gasteiger partial charge in [-0.05, 0) is 57.7 Å². The van der Waals surface area contributed by atoms with Crippen molar-refractivity contribution < 1.29 is 9.47 Å². The number of aryl methyl sites for hydroxylation is 1. The van der Waals surface area contributed by atoms with Gasteiger partial charge in [-0.25, -0.2) is 4.98 Å². The van der Waals surface area contributed by atoms with Gasteiger partial charge in [-0.15, -0.1) is 0 Å². The molecule has 0 radical (unpaired) electrons. The highest BCUT2D eigenvalue weighted by molar-refractivity contribution is 5.43. The number of nitrogens with one attached hydrogen (secondary N) is 1. The molecule has 1 aromatic carbocycles. The minimum absolute atomic E-state index is 0.0343. The van der Waals surface area contributed by atoms with Crippen LogP contribution in [-0.2, 0) is 19.4 Å². The summed E-state index contributed by atoms with van der Waals surface area (Å²) in [5.41, 5.74) is 3.10. The molecule has 2 aromatic rings. The predicted molar refractivity (Wildman–Crippen MR) is 108 cm³/mol. The van der Waals surface area contributed by atoms with Gasteiger partial charge in [-0.2, -0.15) is 0 Å². The number of fused-ring (bicyclic) bond motifs is 3. The monoisotopic (exact) mass is 383 g/mol. The molecule has 28 heavy (non-hydrogen) atoms. The van der Waals surface area contributed by atoms with Gasteiger partial charge in [0.2, 0.25) is 0 Å². The van der Waals surface area contributed by atoms with Crippen molar-refractivity contribution in [2.24, 2.45) is 0 Å². The van der Waals surface area contributed by atoms with Crippen molar-refractivity contribution in [1.82, 2.24) is 14.9 Å². The van der Waals surface area contributed by atoms with Gasteiger partial charge in [0.25, 0.3) is 5.56 Å². The van der Waals surface area contributed by atoms with Crippen molar-refractivity contribution in [3.8, 4) is 11.5 Å². The van der Waals surface area contributed by atoms with Crippen molar-refractivity contribution in [3.05, 3.63) is 51.2 Å². The van der Waals surface area contributed by atoms with Crippen molar-refractivity contribution >= 4 is 0 Å². The molecule has 1 saturated heterocycles. The molecule has 2 aliphatic rings. The maximum Gasteiger partial charge on any atom is 0.254 e. The summed E-state index contributed by atoms with van der Waals surface area (Å²) in [6.07, 6.45) is 4.00. The fraction of sp³-hybridized carbons (Fsp3) is 0.545. The lowest BCUT2D eigenvalue weighted by Crippen LogP contribution is -2.36. The molecule has 2 aliphatic heterocycles. The van der Waals surface area contributed by atoms with Crippen LogP contribution in [0.15, 0.2) is 23.0 Å². The van der Waals surface area contributed by atoms with Crippen LogP contribution in [0.5, 0.6) is 11.5 Å². The van der Waals surface area contributed by atoms with Gasteiger partial charge in [-0.3, -0.25) is 9.69 Å². The Labute approximate surface area is 165 Å². The Morgan fingerprint density at radius 2 is 1.96 bits per heavy atom. The highest BCUT2D eigenvalue weighted by atomic mass is 16.5. The maximum absolute atomic E-state index is 12.5. The van der Waals surface area contributed by atoms with Crippen molar-refractivity contribution in [2.45, 2.75) is 71.2 Å². The summed E-state index contributed by atoms with van der Waals surface area (Å²) in [5.74, 6) is 2.25. The van der Waals surface area contributed by atoms with Crippen LogP contribution in [0.25, 0.3) is 0 Å². The molecule has 0 unspecified atom stereocenters. The van der Waals surface area contributed by atoms with Crippen LogP contribution in [0, 0.1) is 6.92 Å². The number of hydrogen-bond acceptors (Lipinski definition) is 5. The summed E-state index contributed by atoms with van der Waals surface area (Å²) >= 11 is 0. The summed E-state index contributed by atoms with van der Waals surface area (Å²) < 4.78 is 11.4. The highest BCUT2D eigenvalue weighted by Crippen LogP contribution is 2.35. The fourth-order valence-corrected chi connectivity index (χ4v) is 4.59. The lowest BCUT2D eigenvalue weighted by molar-refractivity contribution is 0.186. The number of aromatic nitrogens is 2. The Morgan fingerprint density at radius 1 is 1.21 bits per heavy atom. The van der Waals surface area contributed by atoms with E-state index < -0.39 is 0 Å². The van der Waals surface area contributed by atoms with E-state index in [1.54, 1.807) is 7.11 Å². The molecular formula is C22H29N3O3. The van der Waals surface area contributed by atoms with E-state index in [1.807, 2.05) is 26.8 Å². The average molecular weight is 383 g/mol. The van der Waals surface area contributed by atoms with E-state index in [0.29, 0.717) is 17.9 Å². The summed E-state index contributed by atoms with van der Waals surface area (Å²) in [5, 5.41) is 0. The summed E-state index contributed by atoms with van der Waals surface area (Å²) in [7, 11) is 1.67. The number of aromatic amines is 1. The van der Waals surface area contributed by atoms with Gasteiger partial charge in [0.05, 0.1) is 18.9 Å². The van der Waals surface area contributed by atoms with E-state index >= 15 is 0 Å². The molecule has 0 spiro atoms. The second-order valence-corrected chi connectivity index (χ2v) is 8.19. The number of hydrogen-bond donors (Lipinski definition) is 1. The van der Waals surface area contributed by atoms with Gasteiger partial charge in [0, 0.05) is 30.6 Å².